The van der Waals surface area contributed by atoms with Crippen LogP contribution in [0.5, 0.6) is 5.75 Å². The van der Waals surface area contributed by atoms with Gasteiger partial charge in [0.15, 0.2) is 6.61 Å². The van der Waals surface area contributed by atoms with Gasteiger partial charge in [0.05, 0.1) is 5.02 Å². The molecule has 5 nitrogen and oxygen atoms in total. The summed E-state index contributed by atoms with van der Waals surface area (Å²) in [6, 6.07) is 4.97. The van der Waals surface area contributed by atoms with E-state index in [2.05, 4.69) is 0 Å². The first kappa shape index (κ1) is 17.8. The van der Waals surface area contributed by atoms with Crippen LogP contribution in [-0.2, 0) is 4.79 Å². The monoisotopic (exact) mass is 363 g/mol. The summed E-state index contributed by atoms with van der Waals surface area (Å²) in [6.07, 6.45) is 5.66. The maximum atomic E-state index is 12.4. The van der Waals surface area contributed by atoms with Crippen molar-refractivity contribution < 1.29 is 13.9 Å². The van der Waals surface area contributed by atoms with Crippen LogP contribution < -0.4 is 10.4 Å². The van der Waals surface area contributed by atoms with Crippen molar-refractivity contribution in [1.82, 2.24) is 4.90 Å². The quantitative estimate of drug-likeness (QED) is 0.772. The molecular formula is C19H22ClNO4. The summed E-state index contributed by atoms with van der Waals surface area (Å²) in [7, 11) is 1.83. The third-order valence-electron chi connectivity index (χ3n) is 4.87. The maximum Gasteiger partial charge on any atom is 0.336 e. The molecule has 1 aromatic heterocycles. The van der Waals surface area contributed by atoms with Gasteiger partial charge in [0.2, 0.25) is 0 Å². The normalized spacial score (nSPS) is 15.3. The lowest BCUT2D eigenvalue weighted by Crippen LogP contribution is -2.40. The molecule has 1 fully saturated rings. The molecule has 0 spiro atoms. The van der Waals surface area contributed by atoms with Crippen LogP contribution in [0.3, 0.4) is 0 Å². The van der Waals surface area contributed by atoms with Crippen molar-refractivity contribution in [3.8, 4) is 5.75 Å². The lowest BCUT2D eigenvalue weighted by Gasteiger charge is -2.31. The number of amides is 1. The van der Waals surface area contributed by atoms with Crippen molar-refractivity contribution in [3.63, 3.8) is 0 Å². The third-order valence-corrected chi connectivity index (χ3v) is 5.17. The number of nitrogens with zero attached hydrogens (tertiary/aromatic N) is 1. The molecule has 0 aliphatic heterocycles. The van der Waals surface area contributed by atoms with Crippen LogP contribution >= 0.6 is 11.6 Å². The van der Waals surface area contributed by atoms with Crippen LogP contribution in [0, 0.1) is 6.92 Å². The van der Waals surface area contributed by atoms with Gasteiger partial charge in [0.25, 0.3) is 5.91 Å². The minimum absolute atomic E-state index is 0.0752. The average Bonchev–Trinajstić information content (AvgIpc) is 2.60. The zero-order valence-corrected chi connectivity index (χ0v) is 15.3. The summed E-state index contributed by atoms with van der Waals surface area (Å²) in [6.45, 7) is 1.73. The van der Waals surface area contributed by atoms with Crippen LogP contribution in [-0.4, -0.2) is 30.5 Å². The molecule has 25 heavy (non-hydrogen) atoms. The zero-order valence-electron chi connectivity index (χ0n) is 14.5. The number of halogens is 1. The second-order valence-electron chi connectivity index (χ2n) is 6.61. The molecule has 1 heterocycles. The molecule has 0 N–H and O–H groups in total. The molecule has 0 atom stereocenters. The van der Waals surface area contributed by atoms with E-state index in [0.717, 1.165) is 36.6 Å². The fourth-order valence-electron chi connectivity index (χ4n) is 3.34. The number of hydrogen-bond donors (Lipinski definition) is 0. The standard InChI is InChI=1S/C19H22ClNO4/c1-12-8-19(23)25-16-10-17(15(20)9-14(12)16)24-11-18(22)21(2)13-6-4-3-5-7-13/h8-10,13H,3-7,11H2,1-2H3. The fraction of sp³-hybridized carbons (Fsp3) is 0.474. The third kappa shape index (κ3) is 3.98. The van der Waals surface area contributed by atoms with E-state index in [-0.39, 0.29) is 18.6 Å². The van der Waals surface area contributed by atoms with Crippen LogP contribution in [0.4, 0.5) is 0 Å². The van der Waals surface area contributed by atoms with Gasteiger partial charge in [-0.15, -0.1) is 0 Å². The molecule has 1 aliphatic rings. The van der Waals surface area contributed by atoms with Crippen molar-refractivity contribution in [1.29, 1.82) is 0 Å². The molecule has 2 aromatic rings. The van der Waals surface area contributed by atoms with Crippen molar-refractivity contribution in [2.75, 3.05) is 13.7 Å². The molecule has 6 heteroatoms. The Hall–Kier alpha value is -2.01. The van der Waals surface area contributed by atoms with Gasteiger partial charge in [-0.2, -0.15) is 0 Å². The largest absolute Gasteiger partial charge is 0.482 e. The summed E-state index contributed by atoms with van der Waals surface area (Å²) in [4.78, 5) is 25.7. The van der Waals surface area contributed by atoms with Crippen molar-refractivity contribution in [2.24, 2.45) is 0 Å². The summed E-state index contributed by atoms with van der Waals surface area (Å²) in [5.41, 5.74) is 0.761. The summed E-state index contributed by atoms with van der Waals surface area (Å²) in [5.74, 6) is 0.266. The number of aryl methyl sites for hydroxylation is 1. The summed E-state index contributed by atoms with van der Waals surface area (Å²) >= 11 is 6.26. The average molecular weight is 364 g/mol. The number of ether oxygens (including phenoxy) is 1. The lowest BCUT2D eigenvalue weighted by atomic mass is 9.94. The van der Waals surface area contributed by atoms with Gasteiger partial charge in [0.1, 0.15) is 11.3 Å². The molecule has 134 valence electrons. The van der Waals surface area contributed by atoms with Gasteiger partial charge in [-0.1, -0.05) is 30.9 Å². The van der Waals surface area contributed by atoms with Gasteiger partial charge in [0, 0.05) is 30.6 Å². The molecule has 1 amide bonds. The Bertz CT molecular complexity index is 839. The number of carbonyl (C=O) groups is 1. The van der Waals surface area contributed by atoms with Crippen LogP contribution in [0.15, 0.2) is 27.4 Å². The molecule has 3 rings (SSSR count). The number of fused-ring (bicyclic) bond motifs is 1. The number of rotatable bonds is 4. The second kappa shape index (κ2) is 7.48. The first-order chi connectivity index (χ1) is 12.0. The van der Waals surface area contributed by atoms with Gasteiger partial charge in [-0.25, -0.2) is 4.79 Å². The van der Waals surface area contributed by atoms with E-state index in [1.165, 1.54) is 12.5 Å². The van der Waals surface area contributed by atoms with Crippen molar-refractivity contribution >= 4 is 28.5 Å². The Morgan fingerprint density at radius 3 is 2.72 bits per heavy atom. The molecular weight excluding hydrogens is 342 g/mol. The van der Waals surface area contributed by atoms with Crippen molar-refractivity contribution in [2.45, 2.75) is 45.1 Å². The molecule has 0 radical (unpaired) electrons. The summed E-state index contributed by atoms with van der Waals surface area (Å²) < 4.78 is 10.8. The smallest absolute Gasteiger partial charge is 0.336 e. The highest BCUT2D eigenvalue weighted by atomic mass is 35.5. The first-order valence-electron chi connectivity index (χ1n) is 8.58. The zero-order chi connectivity index (χ0) is 18.0. The van der Waals surface area contributed by atoms with E-state index in [0.29, 0.717) is 16.4 Å². The van der Waals surface area contributed by atoms with E-state index >= 15 is 0 Å². The molecule has 1 aliphatic carbocycles. The molecule has 0 saturated heterocycles. The molecule has 1 aromatic carbocycles. The van der Waals surface area contributed by atoms with Gasteiger partial charge in [-0.3, -0.25) is 4.79 Å². The molecule has 0 unspecified atom stereocenters. The Morgan fingerprint density at radius 2 is 2.00 bits per heavy atom. The first-order valence-corrected chi connectivity index (χ1v) is 8.96. The van der Waals surface area contributed by atoms with E-state index < -0.39 is 5.63 Å². The predicted octanol–water partition coefficient (Wildman–Crippen LogP) is 3.92. The second-order valence-corrected chi connectivity index (χ2v) is 7.02. The van der Waals surface area contributed by atoms with Crippen molar-refractivity contribution in [3.05, 3.63) is 39.2 Å². The Balaban J connectivity index is 1.73. The fourth-order valence-corrected chi connectivity index (χ4v) is 3.56. The number of hydrogen-bond acceptors (Lipinski definition) is 4. The Kier molecular flexibility index (Phi) is 5.33. The van der Waals surface area contributed by atoms with E-state index in [1.54, 1.807) is 17.0 Å². The van der Waals surface area contributed by atoms with E-state index in [9.17, 15) is 9.59 Å². The topological polar surface area (TPSA) is 59.8 Å². The molecule has 1 saturated carbocycles. The van der Waals surface area contributed by atoms with Crippen LogP contribution in [0.25, 0.3) is 11.0 Å². The lowest BCUT2D eigenvalue weighted by molar-refractivity contribution is -0.134. The highest BCUT2D eigenvalue weighted by Gasteiger charge is 2.22. The van der Waals surface area contributed by atoms with E-state index in [1.807, 2.05) is 14.0 Å². The maximum absolute atomic E-state index is 12.4. The predicted molar refractivity (Wildman–Crippen MR) is 97.4 cm³/mol. The van der Waals surface area contributed by atoms with Gasteiger partial charge >= 0.3 is 5.63 Å². The number of likely N-dealkylation sites (N-methyl/N-ethyl adjacent to an activating group) is 1. The minimum atomic E-state index is -0.425. The molecule has 0 bridgehead atoms. The summed E-state index contributed by atoms with van der Waals surface area (Å²) in [5, 5.41) is 1.14. The van der Waals surface area contributed by atoms with Gasteiger partial charge in [-0.05, 0) is 31.4 Å². The highest BCUT2D eigenvalue weighted by Crippen LogP contribution is 2.31. The van der Waals surface area contributed by atoms with Crippen LogP contribution in [0.2, 0.25) is 5.02 Å². The SMILES string of the molecule is Cc1cc(=O)oc2cc(OCC(=O)N(C)C3CCCCC3)c(Cl)cc12. The number of benzene rings is 1. The number of carbonyl (C=O) groups excluding carboxylic acids is 1. The van der Waals surface area contributed by atoms with E-state index in [4.69, 9.17) is 20.8 Å². The van der Waals surface area contributed by atoms with Gasteiger partial charge < -0.3 is 14.1 Å². The van der Waals surface area contributed by atoms with Crippen LogP contribution in [0.1, 0.15) is 37.7 Å². The highest BCUT2D eigenvalue weighted by molar-refractivity contribution is 6.32. The minimum Gasteiger partial charge on any atom is -0.482 e. The Morgan fingerprint density at radius 1 is 1.28 bits per heavy atom. The Labute approximate surface area is 151 Å².